The van der Waals surface area contributed by atoms with E-state index in [-0.39, 0.29) is 11.8 Å². The first-order valence-electron chi connectivity index (χ1n) is 5.19. The van der Waals surface area contributed by atoms with Gasteiger partial charge in [-0.25, -0.2) is 0 Å². The Morgan fingerprint density at radius 3 is 2.62 bits per heavy atom. The molecule has 0 bridgehead atoms. The minimum atomic E-state index is -0.381. The van der Waals surface area contributed by atoms with E-state index in [0.717, 1.165) is 6.54 Å². The zero-order valence-electron chi connectivity index (χ0n) is 10.0. The average Bonchev–Trinajstić information content (AvgIpc) is 2.81. The second kappa shape index (κ2) is 6.32. The van der Waals surface area contributed by atoms with E-state index < -0.39 is 0 Å². The third-order valence-electron chi connectivity index (χ3n) is 2.62. The van der Waals surface area contributed by atoms with Crippen molar-refractivity contribution in [3.63, 3.8) is 0 Å². The fraction of sp³-hybridized carbons (Fsp3) is 0.636. The summed E-state index contributed by atoms with van der Waals surface area (Å²) in [5.74, 6) is 0. The third kappa shape index (κ3) is 3.26. The molecule has 1 heterocycles. The molecule has 4 nitrogen and oxygen atoms in total. The Bertz CT molecular complexity index is 288. The quantitative estimate of drug-likeness (QED) is 0.707. The van der Waals surface area contributed by atoms with Gasteiger partial charge in [0, 0.05) is 32.2 Å². The fourth-order valence-electron chi connectivity index (χ4n) is 1.57. The lowest BCUT2D eigenvalue weighted by molar-refractivity contribution is -0.149. The largest absolute Gasteiger partial charge is 0.354 e. The van der Waals surface area contributed by atoms with Gasteiger partial charge in [-0.2, -0.15) is 0 Å². The van der Waals surface area contributed by atoms with Crippen LogP contribution in [0, 0.1) is 0 Å². The van der Waals surface area contributed by atoms with E-state index in [2.05, 4.69) is 16.8 Å². The summed E-state index contributed by atoms with van der Waals surface area (Å²) in [7, 11) is 3.24. The van der Waals surface area contributed by atoms with Gasteiger partial charge in [0.25, 0.3) is 0 Å². The Kier molecular flexibility index (Phi) is 5.37. The van der Waals surface area contributed by atoms with Gasteiger partial charge in [0.15, 0.2) is 6.29 Å². The van der Waals surface area contributed by atoms with Crippen LogP contribution in [0.3, 0.4) is 0 Å². The molecule has 1 rings (SSSR count). The van der Waals surface area contributed by atoms with Crippen LogP contribution in [-0.4, -0.2) is 32.6 Å². The molecule has 0 aliphatic carbocycles. The highest BCUT2D eigenvalue weighted by atomic mass is 32.1. The fourth-order valence-corrected chi connectivity index (χ4v) is 2.21. The van der Waals surface area contributed by atoms with Crippen molar-refractivity contribution in [2.24, 2.45) is 5.73 Å². The number of nitrogens with one attached hydrogen (secondary N) is 1. The van der Waals surface area contributed by atoms with Crippen molar-refractivity contribution in [3.8, 4) is 0 Å². The minimum Gasteiger partial charge on any atom is -0.354 e. The van der Waals surface area contributed by atoms with E-state index in [1.54, 1.807) is 25.6 Å². The second-order valence-corrected chi connectivity index (χ2v) is 4.89. The molecular weight excluding hydrogens is 224 g/mol. The first-order chi connectivity index (χ1) is 7.66. The van der Waals surface area contributed by atoms with Crippen LogP contribution >= 0.6 is 11.3 Å². The molecule has 3 N–H and O–H groups in total. The molecule has 0 fully saturated rings. The molecule has 0 amide bonds. The average molecular weight is 244 g/mol. The maximum atomic E-state index is 5.78. The molecular formula is C11H20N2O2S. The molecule has 0 radical (unpaired) electrons. The summed E-state index contributed by atoms with van der Waals surface area (Å²) in [6, 6.07) is 4.12. The van der Waals surface area contributed by atoms with Gasteiger partial charge in [0.2, 0.25) is 0 Å². The highest BCUT2D eigenvalue weighted by Gasteiger charge is 2.32. The standard InChI is InChI=1S/C11H20N2O2S/c1-11(8-12,10(14-2)15-3)13-7-9-5-4-6-16-9/h4-6,10,13H,7-8,12H2,1-3H3. The van der Waals surface area contributed by atoms with Crippen LogP contribution in [0.4, 0.5) is 0 Å². The SMILES string of the molecule is COC(OC)C(C)(CN)NCc1cccs1. The normalized spacial score (nSPS) is 15.3. The molecule has 1 atom stereocenters. The number of thiophene rings is 1. The minimum absolute atomic E-state index is 0.350. The summed E-state index contributed by atoms with van der Waals surface area (Å²) >= 11 is 1.72. The maximum Gasteiger partial charge on any atom is 0.175 e. The number of hydrogen-bond donors (Lipinski definition) is 2. The number of methoxy groups -OCH3 is 2. The van der Waals surface area contributed by atoms with Gasteiger partial charge in [-0.05, 0) is 18.4 Å². The highest BCUT2D eigenvalue weighted by molar-refractivity contribution is 7.09. The zero-order valence-corrected chi connectivity index (χ0v) is 10.8. The third-order valence-corrected chi connectivity index (χ3v) is 3.50. The summed E-state index contributed by atoms with van der Waals surface area (Å²) < 4.78 is 10.5. The Hall–Kier alpha value is -0.460. The van der Waals surface area contributed by atoms with Crippen molar-refractivity contribution in [1.82, 2.24) is 5.32 Å². The molecule has 0 aromatic carbocycles. The van der Waals surface area contributed by atoms with E-state index in [1.165, 1.54) is 4.88 Å². The van der Waals surface area contributed by atoms with E-state index >= 15 is 0 Å². The molecule has 1 aromatic rings. The van der Waals surface area contributed by atoms with Crippen LogP contribution in [0.25, 0.3) is 0 Å². The van der Waals surface area contributed by atoms with Crippen LogP contribution < -0.4 is 11.1 Å². The topological polar surface area (TPSA) is 56.5 Å². The van der Waals surface area contributed by atoms with Crippen LogP contribution in [0.5, 0.6) is 0 Å². The van der Waals surface area contributed by atoms with Crippen molar-refractivity contribution in [2.45, 2.75) is 25.3 Å². The smallest absolute Gasteiger partial charge is 0.175 e. The van der Waals surface area contributed by atoms with E-state index in [4.69, 9.17) is 15.2 Å². The van der Waals surface area contributed by atoms with Gasteiger partial charge >= 0.3 is 0 Å². The second-order valence-electron chi connectivity index (χ2n) is 3.86. The molecule has 0 spiro atoms. The van der Waals surface area contributed by atoms with Crippen LogP contribution in [0.1, 0.15) is 11.8 Å². The first kappa shape index (κ1) is 13.6. The van der Waals surface area contributed by atoms with E-state index in [1.807, 2.05) is 13.0 Å². The monoisotopic (exact) mass is 244 g/mol. The lowest BCUT2D eigenvalue weighted by atomic mass is 10.0. The predicted molar refractivity (Wildman–Crippen MR) is 66.4 cm³/mol. The van der Waals surface area contributed by atoms with Gasteiger partial charge in [0.1, 0.15) is 0 Å². The molecule has 5 heteroatoms. The zero-order chi connectivity index (χ0) is 12.0. The summed E-state index contributed by atoms with van der Waals surface area (Å²) in [6.07, 6.45) is -0.350. The van der Waals surface area contributed by atoms with E-state index in [9.17, 15) is 0 Å². The van der Waals surface area contributed by atoms with Crippen molar-refractivity contribution in [1.29, 1.82) is 0 Å². The van der Waals surface area contributed by atoms with Gasteiger partial charge in [-0.3, -0.25) is 0 Å². The lowest BCUT2D eigenvalue weighted by Gasteiger charge is -2.35. The summed E-state index contributed by atoms with van der Waals surface area (Å²) in [5.41, 5.74) is 5.40. The first-order valence-corrected chi connectivity index (χ1v) is 6.07. The number of ether oxygens (including phenoxy) is 2. The Morgan fingerprint density at radius 2 is 2.19 bits per heavy atom. The van der Waals surface area contributed by atoms with Crippen molar-refractivity contribution < 1.29 is 9.47 Å². The Labute approximate surface area is 101 Å². The highest BCUT2D eigenvalue weighted by Crippen LogP contribution is 2.15. The van der Waals surface area contributed by atoms with Crippen LogP contribution in [0.2, 0.25) is 0 Å². The molecule has 0 saturated carbocycles. The van der Waals surface area contributed by atoms with Crippen molar-refractivity contribution in [3.05, 3.63) is 22.4 Å². The summed E-state index contributed by atoms with van der Waals surface area (Å²) in [5, 5.41) is 5.44. The molecule has 1 unspecified atom stereocenters. The number of hydrogen-bond acceptors (Lipinski definition) is 5. The number of nitrogens with two attached hydrogens (primary N) is 1. The summed E-state index contributed by atoms with van der Waals surface area (Å²) in [4.78, 5) is 1.27. The summed E-state index contributed by atoms with van der Waals surface area (Å²) in [6.45, 7) is 3.22. The van der Waals surface area contributed by atoms with Crippen LogP contribution in [-0.2, 0) is 16.0 Å². The maximum absolute atomic E-state index is 5.78. The van der Waals surface area contributed by atoms with Gasteiger partial charge < -0.3 is 20.5 Å². The van der Waals surface area contributed by atoms with Gasteiger partial charge in [-0.1, -0.05) is 6.07 Å². The van der Waals surface area contributed by atoms with Gasteiger partial charge in [-0.15, -0.1) is 11.3 Å². The number of rotatable bonds is 7. The van der Waals surface area contributed by atoms with Crippen LogP contribution in [0.15, 0.2) is 17.5 Å². The molecule has 16 heavy (non-hydrogen) atoms. The van der Waals surface area contributed by atoms with Crippen molar-refractivity contribution >= 4 is 11.3 Å². The molecule has 92 valence electrons. The molecule has 0 saturated heterocycles. The van der Waals surface area contributed by atoms with Crippen molar-refractivity contribution in [2.75, 3.05) is 20.8 Å². The molecule has 1 aromatic heterocycles. The molecule has 0 aliphatic heterocycles. The lowest BCUT2D eigenvalue weighted by Crippen LogP contribution is -2.58. The Balaban J connectivity index is 2.58. The van der Waals surface area contributed by atoms with E-state index in [0.29, 0.717) is 6.54 Å². The Morgan fingerprint density at radius 1 is 1.50 bits per heavy atom. The van der Waals surface area contributed by atoms with Gasteiger partial charge in [0.05, 0.1) is 5.54 Å². The predicted octanol–water partition coefficient (Wildman–Crippen LogP) is 1.17. The molecule has 0 aliphatic rings.